The van der Waals surface area contributed by atoms with Gasteiger partial charge in [-0.15, -0.1) is 0 Å². The number of aromatic nitrogens is 2. The Kier molecular flexibility index (Phi) is 6.14. The molecule has 0 radical (unpaired) electrons. The molecule has 3 aromatic rings. The lowest BCUT2D eigenvalue weighted by molar-refractivity contribution is 0.329. The molecule has 0 fully saturated rings. The Labute approximate surface area is 166 Å². The summed E-state index contributed by atoms with van der Waals surface area (Å²) < 4.78 is 21.1. The zero-order valence-electron chi connectivity index (χ0n) is 15.2. The molecule has 7 nitrogen and oxygen atoms in total. The second-order valence-corrected chi connectivity index (χ2v) is 5.91. The number of hydrogen-bond donors (Lipinski definition) is 0. The predicted octanol–water partition coefficient (Wildman–Crippen LogP) is 4.39. The summed E-state index contributed by atoms with van der Waals surface area (Å²) in [5.74, 6) is 2.23. The Morgan fingerprint density at radius 2 is 2.04 bits per heavy atom. The largest absolute Gasteiger partial charge is 0.497 e. The number of halogens is 1. The number of hydrogen-bond acceptors (Lipinski definition) is 7. The van der Waals surface area contributed by atoms with Crippen LogP contribution in [0.3, 0.4) is 0 Å². The van der Waals surface area contributed by atoms with Crippen LogP contribution in [0.25, 0.3) is 22.5 Å². The molecule has 8 heteroatoms. The van der Waals surface area contributed by atoms with E-state index in [-0.39, 0.29) is 17.5 Å². The van der Waals surface area contributed by atoms with Crippen molar-refractivity contribution in [3.8, 4) is 34.7 Å². The normalized spacial score (nSPS) is 11.0. The van der Waals surface area contributed by atoms with Crippen molar-refractivity contribution < 1.29 is 18.7 Å². The highest BCUT2D eigenvalue weighted by molar-refractivity contribution is 6.50. The molecule has 0 spiro atoms. The highest BCUT2D eigenvalue weighted by atomic mass is 35.5. The molecule has 28 heavy (non-hydrogen) atoms. The monoisotopic (exact) mass is 397 g/mol. The minimum Gasteiger partial charge on any atom is -0.497 e. The summed E-state index contributed by atoms with van der Waals surface area (Å²) in [6.45, 7) is -0.0681. The van der Waals surface area contributed by atoms with Crippen molar-refractivity contribution in [2.24, 2.45) is 0 Å². The topological polar surface area (TPSA) is 90.4 Å². The summed E-state index contributed by atoms with van der Waals surface area (Å²) in [7, 11) is 3.10. The van der Waals surface area contributed by atoms with Crippen LogP contribution in [-0.2, 0) is 0 Å². The minimum absolute atomic E-state index is 0.0681. The number of nitriles is 1. The lowest BCUT2D eigenvalue weighted by Crippen LogP contribution is -1.96. The number of ether oxygens (including phenoxy) is 3. The Balaban J connectivity index is 1.84. The summed E-state index contributed by atoms with van der Waals surface area (Å²) in [5, 5.41) is 12.9. The molecule has 0 amide bonds. The van der Waals surface area contributed by atoms with Crippen LogP contribution in [0, 0.1) is 11.3 Å². The smallest absolute Gasteiger partial charge is 0.269 e. The van der Waals surface area contributed by atoms with Crippen LogP contribution in [0.1, 0.15) is 11.5 Å². The second-order valence-electron chi connectivity index (χ2n) is 5.50. The van der Waals surface area contributed by atoms with Crippen LogP contribution in [-0.4, -0.2) is 31.0 Å². The first-order valence-corrected chi connectivity index (χ1v) is 8.56. The molecule has 0 N–H and O–H groups in total. The van der Waals surface area contributed by atoms with Gasteiger partial charge in [0, 0.05) is 5.56 Å². The number of methoxy groups -OCH3 is 2. The first-order valence-electron chi connectivity index (χ1n) is 8.18. The van der Waals surface area contributed by atoms with Gasteiger partial charge in [-0.1, -0.05) is 35.0 Å². The molecule has 1 aromatic heterocycles. The molecule has 2 aromatic carbocycles. The van der Waals surface area contributed by atoms with Gasteiger partial charge < -0.3 is 18.7 Å². The van der Waals surface area contributed by atoms with Gasteiger partial charge in [0.2, 0.25) is 5.82 Å². The van der Waals surface area contributed by atoms with Crippen LogP contribution < -0.4 is 14.2 Å². The molecule has 0 atom stereocenters. The molecule has 1 heterocycles. The van der Waals surface area contributed by atoms with E-state index >= 15 is 0 Å². The first kappa shape index (κ1) is 19.3. The van der Waals surface area contributed by atoms with Crippen molar-refractivity contribution in [2.75, 3.05) is 20.8 Å². The van der Waals surface area contributed by atoms with Gasteiger partial charge in [0.05, 0.1) is 14.2 Å². The maximum atomic E-state index is 8.63. The number of nitrogens with zero attached hydrogens (tertiary/aromatic N) is 3. The van der Waals surface area contributed by atoms with Gasteiger partial charge in [-0.3, -0.25) is 0 Å². The second kappa shape index (κ2) is 8.93. The standard InChI is InChI=1S/C20H16ClN3O4/c1-25-15-5-3-4-14(12-15)19-23-20(28-24-19)16(21)10-13-6-7-17(27-9-8-22)18(11-13)26-2/h3-7,10-12H,9H2,1-2H3/b16-10-. The van der Waals surface area contributed by atoms with E-state index in [1.807, 2.05) is 24.3 Å². The molecule has 3 rings (SSSR count). The van der Waals surface area contributed by atoms with Crippen LogP contribution in [0.2, 0.25) is 0 Å². The van der Waals surface area contributed by atoms with E-state index in [1.165, 1.54) is 7.11 Å². The molecule has 0 saturated carbocycles. The summed E-state index contributed by atoms with van der Waals surface area (Å²) >= 11 is 6.34. The average molecular weight is 398 g/mol. The van der Waals surface area contributed by atoms with Crippen molar-refractivity contribution in [1.29, 1.82) is 5.26 Å². The van der Waals surface area contributed by atoms with Crippen LogP contribution in [0.15, 0.2) is 47.0 Å². The number of rotatable bonds is 7. The van der Waals surface area contributed by atoms with Gasteiger partial charge in [-0.05, 0) is 35.9 Å². The van der Waals surface area contributed by atoms with Gasteiger partial charge >= 0.3 is 0 Å². The van der Waals surface area contributed by atoms with Gasteiger partial charge in [0.25, 0.3) is 5.89 Å². The zero-order chi connectivity index (χ0) is 19.9. The molecule has 0 saturated heterocycles. The summed E-state index contributed by atoms with van der Waals surface area (Å²) in [5.41, 5.74) is 1.49. The van der Waals surface area contributed by atoms with E-state index in [0.717, 1.165) is 11.1 Å². The maximum Gasteiger partial charge on any atom is 0.269 e. The van der Waals surface area contributed by atoms with Gasteiger partial charge in [-0.25, -0.2) is 0 Å². The van der Waals surface area contributed by atoms with Crippen molar-refractivity contribution >= 4 is 22.7 Å². The summed E-state index contributed by atoms with van der Waals surface area (Å²) in [4.78, 5) is 4.33. The van der Waals surface area contributed by atoms with E-state index in [1.54, 1.807) is 37.5 Å². The Morgan fingerprint density at radius 1 is 1.18 bits per heavy atom. The van der Waals surface area contributed by atoms with Crippen molar-refractivity contribution in [3.05, 3.63) is 53.9 Å². The lowest BCUT2D eigenvalue weighted by atomic mass is 10.2. The lowest BCUT2D eigenvalue weighted by Gasteiger charge is -2.08. The molecule has 0 bridgehead atoms. The predicted molar refractivity (Wildman–Crippen MR) is 104 cm³/mol. The highest BCUT2D eigenvalue weighted by Crippen LogP contribution is 2.31. The molecule has 0 aliphatic carbocycles. The van der Waals surface area contributed by atoms with Crippen molar-refractivity contribution in [3.63, 3.8) is 0 Å². The fourth-order valence-corrected chi connectivity index (χ4v) is 2.61. The quantitative estimate of drug-likeness (QED) is 0.583. The van der Waals surface area contributed by atoms with Crippen molar-refractivity contribution in [1.82, 2.24) is 10.1 Å². The highest BCUT2D eigenvalue weighted by Gasteiger charge is 2.13. The zero-order valence-corrected chi connectivity index (χ0v) is 15.9. The van der Waals surface area contributed by atoms with Crippen LogP contribution >= 0.6 is 11.6 Å². The van der Waals surface area contributed by atoms with Gasteiger partial charge in [0.15, 0.2) is 18.1 Å². The van der Waals surface area contributed by atoms with Gasteiger partial charge in [-0.2, -0.15) is 10.2 Å². The third-order valence-electron chi connectivity index (χ3n) is 3.73. The Morgan fingerprint density at radius 3 is 2.79 bits per heavy atom. The van der Waals surface area contributed by atoms with E-state index in [9.17, 15) is 0 Å². The number of benzene rings is 2. The minimum atomic E-state index is -0.0681. The third kappa shape index (κ3) is 4.42. The van der Waals surface area contributed by atoms with Crippen LogP contribution in [0.5, 0.6) is 17.2 Å². The average Bonchev–Trinajstić information content (AvgIpc) is 3.23. The summed E-state index contributed by atoms with van der Waals surface area (Å²) in [6.07, 6.45) is 1.67. The SMILES string of the molecule is COc1cccc(-c2noc(/C(Cl)=C/c3ccc(OCC#N)c(OC)c3)n2)c1. The molecule has 0 aliphatic heterocycles. The fraction of sp³-hybridized carbons (Fsp3) is 0.150. The molecule has 142 valence electrons. The third-order valence-corrected chi connectivity index (χ3v) is 4.00. The van der Waals surface area contributed by atoms with Gasteiger partial charge in [0.1, 0.15) is 16.9 Å². The Bertz CT molecular complexity index is 1040. The molecule has 0 unspecified atom stereocenters. The van der Waals surface area contributed by atoms with E-state index in [2.05, 4.69) is 10.1 Å². The fourth-order valence-electron chi connectivity index (χ4n) is 2.41. The molecular formula is C20H16ClN3O4. The maximum absolute atomic E-state index is 8.63. The first-order chi connectivity index (χ1) is 13.6. The summed E-state index contributed by atoms with van der Waals surface area (Å²) in [6, 6.07) is 14.4. The Hall–Kier alpha value is -3.50. The molecule has 0 aliphatic rings. The van der Waals surface area contributed by atoms with E-state index in [0.29, 0.717) is 23.1 Å². The van der Waals surface area contributed by atoms with E-state index in [4.69, 9.17) is 35.6 Å². The van der Waals surface area contributed by atoms with E-state index < -0.39 is 0 Å². The van der Waals surface area contributed by atoms with Crippen LogP contribution in [0.4, 0.5) is 0 Å². The molecular weight excluding hydrogens is 382 g/mol. The van der Waals surface area contributed by atoms with Crippen molar-refractivity contribution in [2.45, 2.75) is 0 Å².